The van der Waals surface area contributed by atoms with Crippen molar-refractivity contribution >= 4 is 11.6 Å². The van der Waals surface area contributed by atoms with Gasteiger partial charge in [0.05, 0.1) is 11.6 Å². The molecule has 2 rings (SSSR count). The van der Waals surface area contributed by atoms with Crippen molar-refractivity contribution in [1.82, 2.24) is 0 Å². The minimum absolute atomic E-state index is 0.00672. The van der Waals surface area contributed by atoms with Gasteiger partial charge in [-0.15, -0.1) is 0 Å². The van der Waals surface area contributed by atoms with Gasteiger partial charge < -0.3 is 15.6 Å². The molecule has 0 aliphatic rings. The van der Waals surface area contributed by atoms with Crippen molar-refractivity contribution < 1.29 is 9.84 Å². The largest absolute Gasteiger partial charge is 0.503 e. The van der Waals surface area contributed by atoms with Crippen LogP contribution in [0.25, 0.3) is 0 Å². The highest BCUT2D eigenvalue weighted by molar-refractivity contribution is 6.32. The summed E-state index contributed by atoms with van der Waals surface area (Å²) >= 11 is 6.11. The smallest absolute Gasteiger partial charge is 0.176 e. The Balaban J connectivity index is 2.29. The average Bonchev–Trinajstić information content (AvgIpc) is 2.52. The summed E-state index contributed by atoms with van der Waals surface area (Å²) in [5.41, 5.74) is 10.8. The van der Waals surface area contributed by atoms with Crippen molar-refractivity contribution in [3.05, 3.63) is 57.6 Å². The molecule has 0 saturated carbocycles. The third kappa shape index (κ3) is 4.18. The standard InChI is InChI=1S/C19H24ClNO2/c1-4-23-18-10-14(9-17(20)19(18)22)8-16(11-21)15-6-5-12(2)13(3)7-15/h5-7,9-10,16,22H,4,8,11,21H2,1-3H3. The van der Waals surface area contributed by atoms with Crippen LogP contribution in [0.4, 0.5) is 0 Å². The van der Waals surface area contributed by atoms with Crippen LogP contribution in [0.15, 0.2) is 30.3 Å². The maximum Gasteiger partial charge on any atom is 0.176 e. The molecule has 0 aliphatic heterocycles. The molecule has 3 N–H and O–H groups in total. The van der Waals surface area contributed by atoms with Crippen LogP contribution < -0.4 is 10.5 Å². The topological polar surface area (TPSA) is 55.5 Å². The van der Waals surface area contributed by atoms with E-state index in [2.05, 4.69) is 32.0 Å². The zero-order valence-electron chi connectivity index (χ0n) is 13.9. The quantitative estimate of drug-likeness (QED) is 0.826. The van der Waals surface area contributed by atoms with Crippen LogP contribution in [0, 0.1) is 13.8 Å². The van der Waals surface area contributed by atoms with Crippen LogP contribution >= 0.6 is 11.6 Å². The highest BCUT2D eigenvalue weighted by atomic mass is 35.5. The van der Waals surface area contributed by atoms with Crippen LogP contribution in [-0.2, 0) is 6.42 Å². The van der Waals surface area contributed by atoms with Gasteiger partial charge >= 0.3 is 0 Å². The number of halogens is 1. The lowest BCUT2D eigenvalue weighted by atomic mass is 9.90. The zero-order valence-corrected chi connectivity index (χ0v) is 14.7. The fourth-order valence-electron chi connectivity index (χ4n) is 2.65. The average molecular weight is 334 g/mol. The number of aromatic hydroxyl groups is 1. The molecule has 1 atom stereocenters. The molecule has 2 aromatic rings. The van der Waals surface area contributed by atoms with E-state index in [1.54, 1.807) is 6.07 Å². The van der Waals surface area contributed by atoms with Crippen molar-refractivity contribution in [1.29, 1.82) is 0 Å². The van der Waals surface area contributed by atoms with E-state index in [4.69, 9.17) is 22.1 Å². The Labute approximate surface area is 143 Å². The summed E-state index contributed by atoms with van der Waals surface area (Å²) in [5.74, 6) is 0.614. The predicted molar refractivity (Wildman–Crippen MR) is 95.7 cm³/mol. The fraction of sp³-hybridized carbons (Fsp3) is 0.368. The minimum Gasteiger partial charge on any atom is -0.503 e. The third-order valence-corrected chi connectivity index (χ3v) is 4.45. The molecule has 0 amide bonds. The van der Waals surface area contributed by atoms with Crippen LogP contribution in [-0.4, -0.2) is 18.3 Å². The lowest BCUT2D eigenvalue weighted by Crippen LogP contribution is -2.15. The van der Waals surface area contributed by atoms with Crippen molar-refractivity contribution in [2.75, 3.05) is 13.2 Å². The SMILES string of the molecule is CCOc1cc(CC(CN)c2ccc(C)c(C)c2)cc(Cl)c1O. The van der Waals surface area contributed by atoms with Crippen LogP contribution in [0.5, 0.6) is 11.5 Å². The molecule has 1 unspecified atom stereocenters. The lowest BCUT2D eigenvalue weighted by molar-refractivity contribution is 0.318. The molecule has 2 aromatic carbocycles. The molecule has 0 fully saturated rings. The molecule has 23 heavy (non-hydrogen) atoms. The highest BCUT2D eigenvalue weighted by Gasteiger charge is 2.15. The number of nitrogens with two attached hydrogens (primary N) is 1. The van der Waals surface area contributed by atoms with Gasteiger partial charge in [0, 0.05) is 5.92 Å². The summed E-state index contributed by atoms with van der Waals surface area (Å²) in [7, 11) is 0. The Morgan fingerprint density at radius 3 is 2.52 bits per heavy atom. The van der Waals surface area contributed by atoms with E-state index < -0.39 is 0 Å². The summed E-state index contributed by atoms with van der Waals surface area (Å²) in [4.78, 5) is 0. The molecule has 0 saturated heterocycles. The van der Waals surface area contributed by atoms with Gasteiger partial charge in [-0.3, -0.25) is 0 Å². The van der Waals surface area contributed by atoms with Gasteiger partial charge in [0.25, 0.3) is 0 Å². The molecule has 4 heteroatoms. The molecule has 124 valence electrons. The van der Waals surface area contributed by atoms with Crippen LogP contribution in [0.2, 0.25) is 5.02 Å². The Morgan fingerprint density at radius 1 is 1.17 bits per heavy atom. The highest BCUT2D eigenvalue weighted by Crippen LogP contribution is 2.36. The van der Waals surface area contributed by atoms with E-state index in [1.807, 2.05) is 13.0 Å². The maximum atomic E-state index is 9.95. The number of benzene rings is 2. The van der Waals surface area contributed by atoms with Gasteiger partial charge in [-0.25, -0.2) is 0 Å². The molecular formula is C19H24ClNO2. The summed E-state index contributed by atoms with van der Waals surface area (Å²) in [6.07, 6.45) is 0.749. The predicted octanol–water partition coefficient (Wildman–Crippen LogP) is 4.35. The number of phenols is 1. The Hall–Kier alpha value is -1.71. The molecule has 3 nitrogen and oxygen atoms in total. The van der Waals surface area contributed by atoms with E-state index in [1.165, 1.54) is 16.7 Å². The lowest BCUT2D eigenvalue weighted by Gasteiger charge is -2.18. The molecule has 0 spiro atoms. The zero-order chi connectivity index (χ0) is 17.0. The van der Waals surface area contributed by atoms with Crippen LogP contribution in [0.3, 0.4) is 0 Å². The Morgan fingerprint density at radius 2 is 1.91 bits per heavy atom. The molecule has 0 heterocycles. The van der Waals surface area contributed by atoms with E-state index in [9.17, 15) is 5.11 Å². The van der Waals surface area contributed by atoms with Crippen molar-refractivity contribution in [2.45, 2.75) is 33.1 Å². The minimum atomic E-state index is -0.00672. The maximum absolute atomic E-state index is 9.95. The number of phenolic OH excluding ortho intramolecular Hbond substituents is 1. The summed E-state index contributed by atoms with van der Waals surface area (Å²) < 4.78 is 5.45. The van der Waals surface area contributed by atoms with E-state index in [-0.39, 0.29) is 11.7 Å². The third-order valence-electron chi connectivity index (χ3n) is 4.16. The second-order valence-corrected chi connectivity index (χ2v) is 6.25. The normalized spacial score (nSPS) is 12.2. The second-order valence-electron chi connectivity index (χ2n) is 5.84. The first kappa shape index (κ1) is 17.6. The monoisotopic (exact) mass is 333 g/mol. The van der Waals surface area contributed by atoms with Crippen LogP contribution in [0.1, 0.15) is 35.1 Å². The van der Waals surface area contributed by atoms with Gasteiger partial charge in [-0.1, -0.05) is 29.8 Å². The fourth-order valence-corrected chi connectivity index (χ4v) is 2.88. The van der Waals surface area contributed by atoms with Gasteiger partial charge in [-0.2, -0.15) is 0 Å². The first-order chi connectivity index (χ1) is 11.0. The van der Waals surface area contributed by atoms with E-state index in [0.717, 1.165) is 12.0 Å². The second kappa shape index (κ2) is 7.71. The summed E-state index contributed by atoms with van der Waals surface area (Å²) in [6.45, 7) is 7.11. The summed E-state index contributed by atoms with van der Waals surface area (Å²) in [5, 5.41) is 10.3. The van der Waals surface area contributed by atoms with Gasteiger partial charge in [0.15, 0.2) is 11.5 Å². The van der Waals surface area contributed by atoms with Gasteiger partial charge in [0.2, 0.25) is 0 Å². The van der Waals surface area contributed by atoms with E-state index >= 15 is 0 Å². The summed E-state index contributed by atoms with van der Waals surface area (Å²) in [6, 6.07) is 10.1. The first-order valence-corrected chi connectivity index (χ1v) is 8.25. The molecule has 0 aliphatic carbocycles. The first-order valence-electron chi connectivity index (χ1n) is 7.87. The van der Waals surface area contributed by atoms with E-state index in [0.29, 0.717) is 23.9 Å². The Bertz CT molecular complexity index is 685. The number of rotatable bonds is 6. The number of aryl methyl sites for hydroxylation is 2. The van der Waals surface area contributed by atoms with Gasteiger partial charge in [-0.05, 0) is 68.1 Å². The molecule has 0 radical (unpaired) electrons. The Kier molecular flexibility index (Phi) is 5.91. The van der Waals surface area contributed by atoms with Crippen molar-refractivity contribution in [3.8, 4) is 11.5 Å². The van der Waals surface area contributed by atoms with Gasteiger partial charge in [0.1, 0.15) is 0 Å². The number of hydrogen-bond acceptors (Lipinski definition) is 3. The number of hydrogen-bond donors (Lipinski definition) is 2. The van der Waals surface area contributed by atoms with Crippen molar-refractivity contribution in [3.63, 3.8) is 0 Å². The molecule has 0 aromatic heterocycles. The number of ether oxygens (including phenoxy) is 1. The molecular weight excluding hydrogens is 310 g/mol. The van der Waals surface area contributed by atoms with Crippen molar-refractivity contribution in [2.24, 2.45) is 5.73 Å². The molecule has 0 bridgehead atoms.